The van der Waals surface area contributed by atoms with Crippen LogP contribution >= 0.6 is 11.8 Å². The molecule has 3 N–H and O–H groups in total. The van der Waals surface area contributed by atoms with Crippen LogP contribution in [0.3, 0.4) is 0 Å². The highest BCUT2D eigenvalue weighted by atomic mass is 32.2. The molecule has 4 rings (SSSR count). The van der Waals surface area contributed by atoms with Crippen LogP contribution in [0.1, 0.15) is 41.3 Å². The third kappa shape index (κ3) is 8.65. The first-order valence-corrected chi connectivity index (χ1v) is 14.0. The van der Waals surface area contributed by atoms with E-state index in [4.69, 9.17) is 0 Å². The highest BCUT2D eigenvalue weighted by Gasteiger charge is 2.16. The average Bonchev–Trinajstić information content (AvgIpc) is 2.98. The van der Waals surface area contributed by atoms with Crippen molar-refractivity contribution in [1.29, 1.82) is 0 Å². The van der Waals surface area contributed by atoms with Gasteiger partial charge in [-0.2, -0.15) is 0 Å². The molecule has 4 aromatic carbocycles. The minimum atomic E-state index is -0.610. The van der Waals surface area contributed by atoms with E-state index in [2.05, 4.69) is 29.8 Å². The number of benzene rings is 4. The summed E-state index contributed by atoms with van der Waals surface area (Å²) in [6.45, 7) is 4.23. The van der Waals surface area contributed by atoms with Gasteiger partial charge >= 0.3 is 0 Å². The zero-order valence-corrected chi connectivity index (χ0v) is 23.5. The first kappa shape index (κ1) is 29.3. The topological polar surface area (TPSA) is 87.3 Å². The Hall–Kier alpha value is -4.69. The minimum absolute atomic E-state index is 0.111. The molecule has 41 heavy (non-hydrogen) atoms. The summed E-state index contributed by atoms with van der Waals surface area (Å²) in [5.74, 6) is -1.11. The molecule has 3 amide bonds. The van der Waals surface area contributed by atoms with E-state index in [1.807, 2.05) is 24.3 Å². The Labute approximate surface area is 243 Å². The summed E-state index contributed by atoms with van der Waals surface area (Å²) >= 11 is 1.36. The molecule has 6 nitrogen and oxygen atoms in total. The fourth-order valence-corrected chi connectivity index (χ4v) is 4.52. The largest absolute Gasteiger partial charge is 0.325 e. The van der Waals surface area contributed by atoms with Crippen LogP contribution in [0, 0.1) is 5.82 Å². The van der Waals surface area contributed by atoms with Gasteiger partial charge in [-0.3, -0.25) is 14.4 Å². The van der Waals surface area contributed by atoms with Crippen molar-refractivity contribution in [3.63, 3.8) is 0 Å². The van der Waals surface area contributed by atoms with E-state index in [0.29, 0.717) is 17.2 Å². The lowest BCUT2D eigenvalue weighted by molar-refractivity contribution is -0.114. The number of rotatable bonds is 10. The number of nitrogens with one attached hydrogen (secondary N) is 3. The molecule has 0 aliphatic rings. The molecule has 0 unspecified atom stereocenters. The molecule has 208 valence electrons. The second-order valence-corrected chi connectivity index (χ2v) is 10.5. The van der Waals surface area contributed by atoms with Crippen LogP contribution in [0.15, 0.2) is 114 Å². The fourth-order valence-electron chi connectivity index (χ4n) is 3.82. The van der Waals surface area contributed by atoms with Gasteiger partial charge in [0.05, 0.1) is 5.75 Å². The molecule has 8 heteroatoms. The van der Waals surface area contributed by atoms with Crippen LogP contribution in [0.5, 0.6) is 0 Å². The van der Waals surface area contributed by atoms with Crippen LogP contribution in [0.4, 0.5) is 15.8 Å². The Morgan fingerprint density at radius 1 is 0.780 bits per heavy atom. The molecule has 0 spiro atoms. The van der Waals surface area contributed by atoms with E-state index >= 15 is 0 Å². The van der Waals surface area contributed by atoms with Gasteiger partial charge in [0.1, 0.15) is 11.5 Å². The monoisotopic (exact) mass is 567 g/mol. The molecule has 0 atom stereocenters. The van der Waals surface area contributed by atoms with Gasteiger partial charge < -0.3 is 16.0 Å². The van der Waals surface area contributed by atoms with Crippen LogP contribution in [0.2, 0.25) is 0 Å². The number of hydrogen-bond donors (Lipinski definition) is 3. The van der Waals surface area contributed by atoms with Crippen molar-refractivity contribution >= 4 is 46.9 Å². The normalized spacial score (nSPS) is 11.2. The summed E-state index contributed by atoms with van der Waals surface area (Å²) in [4.78, 5) is 39.1. The highest BCUT2D eigenvalue weighted by molar-refractivity contribution is 8.00. The third-order valence-electron chi connectivity index (χ3n) is 6.08. The smallest absolute Gasteiger partial charge is 0.272 e. The number of carbonyl (C=O) groups is 3. The van der Waals surface area contributed by atoms with Crippen LogP contribution in [0.25, 0.3) is 6.08 Å². The van der Waals surface area contributed by atoms with Gasteiger partial charge in [-0.05, 0) is 72.2 Å². The lowest BCUT2D eigenvalue weighted by Gasteiger charge is -2.12. The van der Waals surface area contributed by atoms with Gasteiger partial charge in [0.25, 0.3) is 11.8 Å². The molecule has 0 radical (unpaired) electrons. The first-order chi connectivity index (χ1) is 19.8. The summed E-state index contributed by atoms with van der Waals surface area (Å²) in [6.07, 6.45) is 1.30. The summed E-state index contributed by atoms with van der Waals surface area (Å²) in [5.41, 5.74) is 2.84. The van der Waals surface area contributed by atoms with Gasteiger partial charge in [-0.15, -0.1) is 11.8 Å². The molecular weight excluding hydrogens is 537 g/mol. The van der Waals surface area contributed by atoms with Crippen molar-refractivity contribution in [3.05, 3.63) is 131 Å². The van der Waals surface area contributed by atoms with E-state index in [0.717, 1.165) is 10.6 Å². The molecule has 0 aliphatic carbocycles. The predicted molar refractivity (Wildman–Crippen MR) is 163 cm³/mol. The zero-order valence-electron chi connectivity index (χ0n) is 22.7. The third-order valence-corrected chi connectivity index (χ3v) is 7.09. The molecule has 0 fully saturated rings. The fraction of sp³-hybridized carbons (Fsp3) is 0.121. The second-order valence-electron chi connectivity index (χ2n) is 9.49. The highest BCUT2D eigenvalue weighted by Crippen LogP contribution is 2.22. The number of hydrogen-bond acceptors (Lipinski definition) is 4. The number of amides is 3. The molecule has 0 aliphatic heterocycles. The van der Waals surface area contributed by atoms with Crippen molar-refractivity contribution in [2.75, 3.05) is 16.4 Å². The van der Waals surface area contributed by atoms with Crippen molar-refractivity contribution in [2.24, 2.45) is 0 Å². The summed E-state index contributed by atoms with van der Waals surface area (Å²) in [5, 5.41) is 8.23. The average molecular weight is 568 g/mol. The Kier molecular flexibility index (Phi) is 10.1. The van der Waals surface area contributed by atoms with Crippen molar-refractivity contribution in [3.8, 4) is 0 Å². The first-order valence-electron chi connectivity index (χ1n) is 13.0. The summed E-state index contributed by atoms with van der Waals surface area (Å²) < 4.78 is 14.3. The quantitative estimate of drug-likeness (QED) is 0.141. The maximum Gasteiger partial charge on any atom is 0.272 e. The molecule has 0 heterocycles. The van der Waals surface area contributed by atoms with E-state index in [1.54, 1.807) is 66.7 Å². The SMILES string of the molecule is CC(C)c1ccc(NC(=O)CSc2ccc(NC(=O)/C(=C/c3ccccc3F)NC(=O)c3ccccc3)cc2)cc1. The number of halogens is 1. The summed E-state index contributed by atoms with van der Waals surface area (Å²) in [6, 6.07) is 29.2. The van der Waals surface area contributed by atoms with E-state index in [-0.39, 0.29) is 22.9 Å². The van der Waals surface area contributed by atoms with Crippen LogP contribution in [-0.4, -0.2) is 23.5 Å². The number of anilines is 2. The molecule has 0 aromatic heterocycles. The lowest BCUT2D eigenvalue weighted by atomic mass is 10.0. The van der Waals surface area contributed by atoms with Crippen LogP contribution in [-0.2, 0) is 9.59 Å². The van der Waals surface area contributed by atoms with Crippen LogP contribution < -0.4 is 16.0 Å². The molecule has 0 saturated heterocycles. The van der Waals surface area contributed by atoms with E-state index in [9.17, 15) is 18.8 Å². The standard InChI is InChI=1S/C33H30FN3O3S/c1-22(2)23-12-14-26(15-13-23)35-31(38)21-41-28-18-16-27(17-19-28)36-33(40)30(20-25-10-6-7-11-29(25)34)37-32(39)24-8-4-3-5-9-24/h3-20,22H,21H2,1-2H3,(H,35,38)(H,36,40)(H,37,39)/b30-20-. The Bertz CT molecular complexity index is 1540. The second kappa shape index (κ2) is 14.1. The van der Waals surface area contributed by atoms with Gasteiger partial charge in [-0.25, -0.2) is 4.39 Å². The predicted octanol–water partition coefficient (Wildman–Crippen LogP) is 7.09. The van der Waals surface area contributed by atoms with Gasteiger partial charge in [0.2, 0.25) is 5.91 Å². The van der Waals surface area contributed by atoms with E-state index < -0.39 is 17.6 Å². The molecular formula is C33H30FN3O3S. The summed E-state index contributed by atoms with van der Waals surface area (Å²) in [7, 11) is 0. The lowest BCUT2D eigenvalue weighted by Crippen LogP contribution is -2.30. The molecule has 0 saturated carbocycles. The van der Waals surface area contributed by atoms with Gasteiger partial charge in [-0.1, -0.05) is 62.4 Å². The molecule has 0 bridgehead atoms. The Morgan fingerprint density at radius 2 is 1.39 bits per heavy atom. The maximum absolute atomic E-state index is 14.3. The zero-order chi connectivity index (χ0) is 29.2. The van der Waals surface area contributed by atoms with Crippen molar-refractivity contribution in [1.82, 2.24) is 5.32 Å². The minimum Gasteiger partial charge on any atom is -0.325 e. The Balaban J connectivity index is 1.38. The maximum atomic E-state index is 14.3. The van der Waals surface area contributed by atoms with E-state index in [1.165, 1.54) is 35.5 Å². The Morgan fingerprint density at radius 3 is 2.05 bits per heavy atom. The van der Waals surface area contributed by atoms with Crippen molar-refractivity contribution in [2.45, 2.75) is 24.7 Å². The number of carbonyl (C=O) groups excluding carboxylic acids is 3. The van der Waals surface area contributed by atoms with Gasteiger partial charge in [0, 0.05) is 27.4 Å². The van der Waals surface area contributed by atoms with Crippen molar-refractivity contribution < 1.29 is 18.8 Å². The van der Waals surface area contributed by atoms with Gasteiger partial charge in [0.15, 0.2) is 0 Å². The molecule has 4 aromatic rings. The number of thioether (sulfide) groups is 1.